The van der Waals surface area contributed by atoms with Crippen LogP contribution in [0, 0.1) is 13.8 Å². The van der Waals surface area contributed by atoms with E-state index in [2.05, 4.69) is 40.1 Å². The quantitative estimate of drug-likeness (QED) is 0.416. The van der Waals surface area contributed by atoms with Gasteiger partial charge in [-0.1, -0.05) is 41.5 Å². The summed E-state index contributed by atoms with van der Waals surface area (Å²) >= 11 is 0. The fourth-order valence-corrected chi connectivity index (χ4v) is 5.17. The zero-order valence-electron chi connectivity index (χ0n) is 21.5. The van der Waals surface area contributed by atoms with E-state index in [1.807, 2.05) is 26.0 Å². The van der Waals surface area contributed by atoms with Gasteiger partial charge in [-0.3, -0.25) is 14.8 Å². The van der Waals surface area contributed by atoms with Crippen LogP contribution in [0.3, 0.4) is 0 Å². The Kier molecular flexibility index (Phi) is 8.59. The fourth-order valence-electron chi connectivity index (χ4n) is 5.17. The van der Waals surface area contributed by atoms with Crippen LogP contribution in [0.15, 0.2) is 42.5 Å². The van der Waals surface area contributed by atoms with Crippen molar-refractivity contribution >= 4 is 0 Å². The molecule has 0 saturated carbocycles. The Balaban J connectivity index is 1.54. The summed E-state index contributed by atoms with van der Waals surface area (Å²) in [6.45, 7) is 9.26. The lowest BCUT2D eigenvalue weighted by Gasteiger charge is -2.24. The van der Waals surface area contributed by atoms with Crippen LogP contribution in [0.4, 0.5) is 0 Å². The van der Waals surface area contributed by atoms with E-state index in [9.17, 15) is 10.2 Å². The third kappa shape index (κ3) is 6.42. The molecule has 3 aromatic rings. The molecular weight excluding hydrogens is 450 g/mol. The smallest absolute Gasteiger partial charge is 0.124 e. The summed E-state index contributed by atoms with van der Waals surface area (Å²) in [6.07, 6.45) is 2.05. The highest BCUT2D eigenvalue weighted by Crippen LogP contribution is 2.28. The molecule has 1 aliphatic heterocycles. The number of aromatic nitrogens is 1. The lowest BCUT2D eigenvalue weighted by atomic mass is 10.0. The molecule has 2 bridgehead atoms. The zero-order chi connectivity index (χ0) is 25.7. The van der Waals surface area contributed by atoms with Crippen LogP contribution in [-0.4, -0.2) is 38.1 Å². The highest BCUT2D eigenvalue weighted by atomic mass is 16.3. The van der Waals surface area contributed by atoms with Crippen molar-refractivity contribution in [1.29, 1.82) is 0 Å². The molecule has 1 aromatic heterocycles. The van der Waals surface area contributed by atoms with Crippen molar-refractivity contribution in [1.82, 2.24) is 14.8 Å². The van der Waals surface area contributed by atoms with E-state index in [1.54, 1.807) is 0 Å². The van der Waals surface area contributed by atoms with Crippen molar-refractivity contribution in [3.05, 3.63) is 87.2 Å². The summed E-state index contributed by atoms with van der Waals surface area (Å²) in [6, 6.07) is 14.2. The number of hydrogen-bond acceptors (Lipinski definition) is 7. The number of rotatable bonds is 6. The van der Waals surface area contributed by atoms with Crippen molar-refractivity contribution in [2.75, 3.05) is 13.1 Å². The lowest BCUT2D eigenvalue weighted by molar-refractivity contribution is 0.224. The van der Waals surface area contributed by atoms with Gasteiger partial charge in [0.05, 0.1) is 11.4 Å². The van der Waals surface area contributed by atoms with E-state index in [0.29, 0.717) is 37.7 Å². The molecule has 0 unspecified atom stereocenters. The van der Waals surface area contributed by atoms with E-state index in [-0.39, 0.29) is 0 Å². The molecule has 0 spiro atoms. The fraction of sp³-hybridized carbons (Fsp3) is 0.414. The Hall–Kier alpha value is -2.97. The van der Waals surface area contributed by atoms with Crippen molar-refractivity contribution in [3.8, 4) is 11.5 Å². The van der Waals surface area contributed by atoms with Gasteiger partial charge >= 0.3 is 0 Å². The van der Waals surface area contributed by atoms with Crippen LogP contribution < -0.4 is 11.5 Å². The number of fused-ring (bicyclic) bond motifs is 2. The third-order valence-electron chi connectivity index (χ3n) is 6.89. The second-order valence-corrected chi connectivity index (χ2v) is 10.0. The molecule has 7 heteroatoms. The number of phenols is 2. The van der Waals surface area contributed by atoms with E-state index in [0.717, 1.165) is 83.8 Å². The summed E-state index contributed by atoms with van der Waals surface area (Å²) in [5.74, 6) is 0.611. The number of pyridine rings is 1. The molecule has 2 aromatic carbocycles. The lowest BCUT2D eigenvalue weighted by Crippen LogP contribution is -2.26. The van der Waals surface area contributed by atoms with E-state index in [4.69, 9.17) is 16.5 Å². The van der Waals surface area contributed by atoms with Gasteiger partial charge in [0.25, 0.3) is 0 Å². The van der Waals surface area contributed by atoms with Gasteiger partial charge in [0.15, 0.2) is 0 Å². The Morgan fingerprint density at radius 3 is 1.56 bits per heavy atom. The normalized spacial score (nSPS) is 15.6. The first-order chi connectivity index (χ1) is 17.4. The van der Waals surface area contributed by atoms with Crippen LogP contribution in [0.5, 0.6) is 11.5 Å². The molecule has 1 aliphatic rings. The Morgan fingerprint density at radius 2 is 1.14 bits per heavy atom. The molecule has 0 aliphatic carbocycles. The number of nitrogens with two attached hydrogens (primary N) is 2. The highest BCUT2D eigenvalue weighted by Gasteiger charge is 2.18. The Labute approximate surface area is 214 Å². The van der Waals surface area contributed by atoms with E-state index >= 15 is 0 Å². The summed E-state index contributed by atoms with van der Waals surface area (Å²) in [5, 5.41) is 21.5. The number of hydrogen-bond donors (Lipinski definition) is 4. The van der Waals surface area contributed by atoms with Gasteiger partial charge in [-0.2, -0.15) is 0 Å². The zero-order valence-corrected chi connectivity index (χ0v) is 21.5. The second-order valence-electron chi connectivity index (χ2n) is 10.0. The van der Waals surface area contributed by atoms with Gasteiger partial charge < -0.3 is 21.7 Å². The Morgan fingerprint density at radius 1 is 0.722 bits per heavy atom. The average Bonchev–Trinajstić information content (AvgIpc) is 2.87. The van der Waals surface area contributed by atoms with Crippen molar-refractivity contribution in [3.63, 3.8) is 0 Å². The first-order valence-electron chi connectivity index (χ1n) is 12.8. The predicted molar refractivity (Wildman–Crippen MR) is 143 cm³/mol. The van der Waals surface area contributed by atoms with E-state index < -0.39 is 0 Å². The molecule has 36 heavy (non-hydrogen) atoms. The summed E-state index contributed by atoms with van der Waals surface area (Å²) in [4.78, 5) is 9.67. The maximum atomic E-state index is 10.8. The summed E-state index contributed by atoms with van der Waals surface area (Å²) in [7, 11) is 0. The molecule has 4 rings (SSSR count). The third-order valence-corrected chi connectivity index (χ3v) is 6.89. The summed E-state index contributed by atoms with van der Waals surface area (Å²) in [5.41, 5.74) is 19.4. The minimum absolute atomic E-state index is 0.306. The number of phenolic OH excluding ortho intramolecular Hbond substituents is 2. The predicted octanol–water partition coefficient (Wildman–Crippen LogP) is 3.83. The molecule has 0 radical (unpaired) electrons. The maximum Gasteiger partial charge on any atom is 0.124 e. The number of aromatic hydroxyl groups is 2. The summed E-state index contributed by atoms with van der Waals surface area (Å²) < 4.78 is 0. The molecule has 0 fully saturated rings. The van der Waals surface area contributed by atoms with Crippen molar-refractivity contribution < 1.29 is 10.2 Å². The van der Waals surface area contributed by atoms with Gasteiger partial charge in [-0.25, -0.2) is 0 Å². The maximum absolute atomic E-state index is 10.8. The molecule has 0 atom stereocenters. The molecule has 7 nitrogen and oxygen atoms in total. The molecule has 2 heterocycles. The SMILES string of the molecule is Cc1cc(CN)c(O)c(CN2CCCCN(Cc3cc(C)cc(CN)c3O)Cc3cccc(n3)C2)c1. The topological polar surface area (TPSA) is 112 Å². The van der Waals surface area contributed by atoms with Crippen molar-refractivity contribution in [2.24, 2.45) is 11.5 Å². The minimum atomic E-state index is 0.306. The van der Waals surface area contributed by atoms with Gasteiger partial charge in [-0.15, -0.1) is 0 Å². The van der Waals surface area contributed by atoms with E-state index in [1.165, 1.54) is 0 Å². The molecule has 6 N–H and O–H groups in total. The van der Waals surface area contributed by atoms with Gasteiger partial charge in [0.1, 0.15) is 11.5 Å². The number of aryl methyl sites for hydroxylation is 2. The molecule has 192 valence electrons. The van der Waals surface area contributed by atoms with Crippen LogP contribution in [0.1, 0.15) is 57.6 Å². The number of benzene rings is 2. The standard InChI is InChI=1S/C29H39N5O2/c1-20-10-22(14-30)28(35)24(12-20)16-33-8-3-4-9-34(19-27-7-5-6-26(18-33)32-27)17-25-13-21(2)11-23(15-31)29(25)36/h5-7,10-13,35-36H,3-4,8-9,14-19,30-31H2,1-2H3. The monoisotopic (exact) mass is 489 g/mol. The first-order valence-corrected chi connectivity index (χ1v) is 12.8. The largest absolute Gasteiger partial charge is 0.507 e. The van der Waals surface area contributed by atoms with Crippen LogP contribution in [-0.2, 0) is 39.3 Å². The average molecular weight is 490 g/mol. The Bertz CT molecular complexity index is 1110. The van der Waals surface area contributed by atoms with Crippen LogP contribution in [0.25, 0.3) is 0 Å². The van der Waals surface area contributed by atoms with Gasteiger partial charge in [-0.05, 0) is 51.9 Å². The van der Waals surface area contributed by atoms with Gasteiger partial charge in [0, 0.05) is 61.5 Å². The highest BCUT2D eigenvalue weighted by molar-refractivity contribution is 5.44. The van der Waals surface area contributed by atoms with Crippen molar-refractivity contribution in [2.45, 2.75) is 66.0 Å². The minimum Gasteiger partial charge on any atom is -0.507 e. The molecule has 0 amide bonds. The molecule has 0 saturated heterocycles. The number of nitrogens with zero attached hydrogens (tertiary/aromatic N) is 3. The second kappa shape index (κ2) is 11.8. The van der Waals surface area contributed by atoms with Gasteiger partial charge in [0.2, 0.25) is 0 Å². The molecular formula is C29H39N5O2. The first kappa shape index (κ1) is 26.1. The van der Waals surface area contributed by atoms with Crippen LogP contribution in [0.2, 0.25) is 0 Å². The van der Waals surface area contributed by atoms with Crippen LogP contribution >= 0.6 is 0 Å².